The summed E-state index contributed by atoms with van der Waals surface area (Å²) in [4.78, 5) is 12.4. The number of benzene rings is 1. The molecule has 6 nitrogen and oxygen atoms in total. The summed E-state index contributed by atoms with van der Waals surface area (Å²) in [6.45, 7) is 5.43. The van der Waals surface area contributed by atoms with Gasteiger partial charge in [0.25, 0.3) is 0 Å². The number of hydrogen-bond acceptors (Lipinski definition) is 6. The predicted octanol–water partition coefficient (Wildman–Crippen LogP) is 3.33. The Hall–Kier alpha value is -1.79. The molecule has 27 heavy (non-hydrogen) atoms. The Balaban J connectivity index is 1.97. The maximum Gasteiger partial charge on any atom is 0.338 e. The molecule has 0 radical (unpaired) electrons. The van der Waals surface area contributed by atoms with Crippen molar-refractivity contribution in [1.82, 2.24) is 0 Å². The van der Waals surface area contributed by atoms with Crippen LogP contribution in [0.1, 0.15) is 62.7 Å². The van der Waals surface area contributed by atoms with Crippen LogP contribution >= 0.6 is 0 Å². The van der Waals surface area contributed by atoms with Gasteiger partial charge in [-0.05, 0) is 25.0 Å². The lowest BCUT2D eigenvalue weighted by atomic mass is 10.2. The lowest BCUT2D eigenvalue weighted by Gasteiger charge is -2.12. The quantitative estimate of drug-likeness (QED) is 0.403. The van der Waals surface area contributed by atoms with Crippen LogP contribution in [0.2, 0.25) is 0 Å². The third-order valence-electron chi connectivity index (χ3n) is 4.64. The van der Waals surface area contributed by atoms with E-state index in [1.54, 1.807) is 18.2 Å². The van der Waals surface area contributed by atoms with Gasteiger partial charge in [0.1, 0.15) is 11.5 Å². The highest BCUT2D eigenvalue weighted by molar-refractivity contribution is 5.90. The Morgan fingerprint density at radius 1 is 0.889 bits per heavy atom. The van der Waals surface area contributed by atoms with Crippen molar-refractivity contribution in [2.45, 2.75) is 64.6 Å². The first-order valence-corrected chi connectivity index (χ1v) is 10.0. The molecule has 1 aromatic rings. The molecule has 1 saturated carbocycles. The minimum Gasteiger partial charge on any atom is -0.493 e. The second-order valence-electron chi connectivity index (χ2n) is 7.05. The summed E-state index contributed by atoms with van der Waals surface area (Å²) in [5, 5.41) is 18.7. The zero-order chi connectivity index (χ0) is 19.6. The maximum atomic E-state index is 12.4. The van der Waals surface area contributed by atoms with Crippen molar-refractivity contribution in [1.29, 1.82) is 0 Å². The molecule has 2 unspecified atom stereocenters. The maximum absolute atomic E-state index is 12.4. The summed E-state index contributed by atoms with van der Waals surface area (Å²) in [6.07, 6.45) is 4.71. The largest absolute Gasteiger partial charge is 0.493 e. The van der Waals surface area contributed by atoms with E-state index < -0.39 is 24.1 Å². The van der Waals surface area contributed by atoms with E-state index in [1.165, 1.54) is 0 Å². The molecule has 1 aliphatic rings. The minimum absolute atomic E-state index is 0.00452. The number of aliphatic hydroxyl groups is 2. The van der Waals surface area contributed by atoms with Crippen LogP contribution in [-0.2, 0) is 4.74 Å². The zero-order valence-corrected chi connectivity index (χ0v) is 16.4. The predicted molar refractivity (Wildman–Crippen MR) is 102 cm³/mol. The van der Waals surface area contributed by atoms with Crippen LogP contribution in [0.5, 0.6) is 11.5 Å². The van der Waals surface area contributed by atoms with E-state index >= 15 is 0 Å². The van der Waals surface area contributed by atoms with Crippen LogP contribution < -0.4 is 9.47 Å². The molecule has 0 spiro atoms. The lowest BCUT2D eigenvalue weighted by molar-refractivity contribution is 0.0457. The first kappa shape index (κ1) is 21.5. The molecule has 0 saturated heterocycles. The van der Waals surface area contributed by atoms with Gasteiger partial charge >= 0.3 is 5.97 Å². The Kier molecular flexibility index (Phi) is 8.88. The fourth-order valence-electron chi connectivity index (χ4n) is 2.73. The zero-order valence-electron chi connectivity index (χ0n) is 16.4. The van der Waals surface area contributed by atoms with Crippen molar-refractivity contribution in [2.24, 2.45) is 5.92 Å². The fourth-order valence-corrected chi connectivity index (χ4v) is 2.73. The van der Waals surface area contributed by atoms with Gasteiger partial charge in [0.15, 0.2) is 0 Å². The normalized spacial score (nSPS) is 21.0. The number of hydrogen-bond donors (Lipinski definition) is 2. The van der Waals surface area contributed by atoms with Crippen molar-refractivity contribution in [3.8, 4) is 11.5 Å². The molecule has 0 aromatic heterocycles. The first-order chi connectivity index (χ1) is 13.1. The Labute approximate surface area is 161 Å². The standard InChI is InChI=1S/C21H32O6/c1-3-5-7-9-25-16-11-15(12-17(13-16)26-10-8-6-4-2)21(24)27-14-18-19(22)20(18)23/h11-13,18-20,22-23H,3-10,14H2,1-2H3. The monoisotopic (exact) mass is 380 g/mol. The highest BCUT2D eigenvalue weighted by Crippen LogP contribution is 2.31. The van der Waals surface area contributed by atoms with Gasteiger partial charge in [0.05, 0.1) is 43.5 Å². The van der Waals surface area contributed by atoms with Gasteiger partial charge in [-0.3, -0.25) is 0 Å². The molecule has 0 heterocycles. The smallest absolute Gasteiger partial charge is 0.338 e. The number of esters is 1. The van der Waals surface area contributed by atoms with E-state index in [-0.39, 0.29) is 6.61 Å². The fraction of sp³-hybridized carbons (Fsp3) is 0.667. The molecule has 2 N–H and O–H groups in total. The van der Waals surface area contributed by atoms with E-state index in [9.17, 15) is 15.0 Å². The molecular formula is C21H32O6. The molecule has 0 aliphatic heterocycles. The molecule has 152 valence electrons. The third-order valence-corrected chi connectivity index (χ3v) is 4.64. The van der Waals surface area contributed by atoms with Crippen LogP contribution in [0.4, 0.5) is 0 Å². The molecule has 0 amide bonds. The van der Waals surface area contributed by atoms with Gasteiger partial charge in [0, 0.05) is 6.07 Å². The second-order valence-corrected chi connectivity index (χ2v) is 7.05. The van der Waals surface area contributed by atoms with E-state index in [2.05, 4.69) is 13.8 Å². The summed E-state index contributed by atoms with van der Waals surface area (Å²) in [7, 11) is 0. The molecule has 2 rings (SSSR count). The number of ether oxygens (including phenoxy) is 3. The van der Waals surface area contributed by atoms with Gasteiger partial charge in [0.2, 0.25) is 0 Å². The highest BCUT2D eigenvalue weighted by Gasteiger charge is 2.49. The number of rotatable bonds is 13. The average Bonchev–Trinajstić information content (AvgIpc) is 3.25. The van der Waals surface area contributed by atoms with E-state index in [4.69, 9.17) is 14.2 Å². The Morgan fingerprint density at radius 3 is 1.85 bits per heavy atom. The molecular weight excluding hydrogens is 348 g/mol. The topological polar surface area (TPSA) is 85.2 Å². The molecule has 1 fully saturated rings. The van der Waals surface area contributed by atoms with E-state index in [0.29, 0.717) is 30.3 Å². The van der Waals surface area contributed by atoms with Gasteiger partial charge in [-0.25, -0.2) is 4.79 Å². The van der Waals surface area contributed by atoms with E-state index in [0.717, 1.165) is 38.5 Å². The van der Waals surface area contributed by atoms with Gasteiger partial charge < -0.3 is 24.4 Å². The van der Waals surface area contributed by atoms with Crippen LogP contribution in [0.15, 0.2) is 18.2 Å². The van der Waals surface area contributed by atoms with E-state index in [1.807, 2.05) is 0 Å². The van der Waals surface area contributed by atoms with Crippen molar-refractivity contribution in [3.63, 3.8) is 0 Å². The van der Waals surface area contributed by atoms with Crippen LogP contribution in [0, 0.1) is 5.92 Å². The molecule has 1 aliphatic carbocycles. The van der Waals surface area contributed by atoms with Crippen molar-refractivity contribution in [3.05, 3.63) is 23.8 Å². The summed E-state index contributed by atoms with van der Waals surface area (Å²) < 4.78 is 16.8. The van der Waals surface area contributed by atoms with Crippen LogP contribution in [0.25, 0.3) is 0 Å². The highest BCUT2D eigenvalue weighted by atomic mass is 16.5. The number of unbranched alkanes of at least 4 members (excludes halogenated alkanes) is 4. The van der Waals surface area contributed by atoms with Gasteiger partial charge in [-0.1, -0.05) is 39.5 Å². The van der Waals surface area contributed by atoms with Crippen molar-refractivity contribution in [2.75, 3.05) is 19.8 Å². The lowest BCUT2D eigenvalue weighted by Crippen LogP contribution is -2.10. The molecule has 1 aromatic carbocycles. The summed E-state index contributed by atoms with van der Waals surface area (Å²) in [6, 6.07) is 5.09. The Bertz CT molecular complexity index is 550. The third kappa shape index (κ3) is 7.03. The van der Waals surface area contributed by atoms with Crippen LogP contribution in [0.3, 0.4) is 0 Å². The molecule has 6 heteroatoms. The molecule has 2 atom stereocenters. The SMILES string of the molecule is CCCCCOc1cc(OCCCCC)cc(C(=O)OCC2C(O)C2O)c1. The average molecular weight is 380 g/mol. The van der Waals surface area contributed by atoms with Crippen LogP contribution in [-0.4, -0.2) is 48.2 Å². The summed E-state index contributed by atoms with van der Waals surface area (Å²) in [5.41, 5.74) is 0.345. The van der Waals surface area contributed by atoms with Crippen molar-refractivity contribution >= 4 is 5.97 Å². The number of carbonyl (C=O) groups excluding carboxylic acids is 1. The number of aliphatic hydroxyl groups excluding tert-OH is 2. The molecule has 0 bridgehead atoms. The van der Waals surface area contributed by atoms with Gasteiger partial charge in [-0.15, -0.1) is 0 Å². The van der Waals surface area contributed by atoms with Crippen molar-refractivity contribution < 1.29 is 29.2 Å². The Morgan fingerprint density at radius 2 is 1.41 bits per heavy atom. The number of carbonyl (C=O) groups is 1. The first-order valence-electron chi connectivity index (χ1n) is 10.0. The second kappa shape index (κ2) is 11.1. The minimum atomic E-state index is -0.802. The van der Waals surface area contributed by atoms with Gasteiger partial charge in [-0.2, -0.15) is 0 Å². The summed E-state index contributed by atoms with van der Waals surface area (Å²) in [5.74, 6) is 0.251. The summed E-state index contributed by atoms with van der Waals surface area (Å²) >= 11 is 0.